The molecule has 0 spiro atoms. The van der Waals surface area contributed by atoms with Gasteiger partial charge in [0.15, 0.2) is 10.8 Å². The number of rotatable bonds is 6. The van der Waals surface area contributed by atoms with Gasteiger partial charge in [-0.2, -0.15) is 0 Å². The van der Waals surface area contributed by atoms with Gasteiger partial charge in [-0.3, -0.25) is 4.40 Å². The molecule has 0 unspecified atom stereocenters. The lowest BCUT2D eigenvalue weighted by Gasteiger charge is -2.08. The van der Waals surface area contributed by atoms with Crippen LogP contribution in [0.25, 0.3) is 26.1 Å². The van der Waals surface area contributed by atoms with Crippen LogP contribution < -0.4 is 0 Å². The summed E-state index contributed by atoms with van der Waals surface area (Å²) in [5.41, 5.74) is 6.21. The molecule has 0 aliphatic heterocycles. The van der Waals surface area contributed by atoms with Crippen molar-refractivity contribution in [3.8, 4) is 0 Å². The fraction of sp³-hybridized carbons (Fsp3) is 0.400. The highest BCUT2D eigenvalue weighted by Crippen LogP contribution is 2.41. The van der Waals surface area contributed by atoms with Gasteiger partial charge in [-0.05, 0) is 43.2 Å². The second-order valence-electron chi connectivity index (χ2n) is 6.95. The molecule has 0 aromatic carbocycles. The summed E-state index contributed by atoms with van der Waals surface area (Å²) in [5, 5.41) is 10.9. The first-order chi connectivity index (χ1) is 13.3. The van der Waals surface area contributed by atoms with Crippen LogP contribution in [0.3, 0.4) is 0 Å². The van der Waals surface area contributed by atoms with Crippen LogP contribution in [0.2, 0.25) is 0 Å². The average Bonchev–Trinajstić information content (AvgIpc) is 3.39. The number of aromatic nitrogens is 5. The van der Waals surface area contributed by atoms with E-state index < -0.39 is 0 Å². The molecule has 5 rings (SSSR count). The van der Waals surface area contributed by atoms with Gasteiger partial charge >= 0.3 is 0 Å². The monoisotopic (exact) mass is 395 g/mol. The van der Waals surface area contributed by atoms with Gasteiger partial charge in [0.2, 0.25) is 0 Å². The minimum Gasteiger partial charge on any atom is -0.259 e. The smallest absolute Gasteiger partial charge is 0.197 e. The molecule has 1 aliphatic rings. The zero-order valence-electron chi connectivity index (χ0n) is 15.4. The molecule has 0 saturated carbocycles. The van der Waals surface area contributed by atoms with Crippen LogP contribution in [0.1, 0.15) is 43.0 Å². The number of fused-ring (bicyclic) bond motifs is 7. The van der Waals surface area contributed by atoms with E-state index in [-0.39, 0.29) is 0 Å². The molecule has 0 N–H and O–H groups in total. The molecule has 0 amide bonds. The molecule has 27 heavy (non-hydrogen) atoms. The second-order valence-corrected chi connectivity index (χ2v) is 8.94. The van der Waals surface area contributed by atoms with Crippen LogP contribution in [0.5, 0.6) is 0 Å². The fourth-order valence-corrected chi connectivity index (χ4v) is 5.79. The number of nitrogens with zero attached hydrogens (tertiary/aromatic N) is 5. The third-order valence-corrected chi connectivity index (χ3v) is 7.24. The Balaban J connectivity index is 1.75. The lowest BCUT2D eigenvalue weighted by atomic mass is 10.0. The minimum atomic E-state index is 0.807. The van der Waals surface area contributed by atoms with Crippen molar-refractivity contribution < 1.29 is 0 Å². The predicted octanol–water partition coefficient (Wildman–Crippen LogP) is 5.00. The summed E-state index contributed by atoms with van der Waals surface area (Å²) < 4.78 is 3.09. The first-order valence-electron chi connectivity index (χ1n) is 9.52. The van der Waals surface area contributed by atoms with Crippen molar-refractivity contribution in [1.82, 2.24) is 24.6 Å². The van der Waals surface area contributed by atoms with Crippen molar-refractivity contribution in [2.75, 3.05) is 5.75 Å². The van der Waals surface area contributed by atoms with Crippen LogP contribution in [0, 0.1) is 0 Å². The number of aryl methyl sites for hydroxylation is 2. The Kier molecular flexibility index (Phi) is 4.36. The van der Waals surface area contributed by atoms with Gasteiger partial charge in [-0.15, -0.1) is 28.1 Å². The molecule has 4 heterocycles. The normalized spacial score (nSPS) is 13.8. The summed E-state index contributed by atoms with van der Waals surface area (Å²) >= 11 is 3.34. The third kappa shape index (κ3) is 2.67. The van der Waals surface area contributed by atoms with Gasteiger partial charge < -0.3 is 0 Å². The number of hydrogen-bond donors (Lipinski definition) is 0. The fourth-order valence-electron chi connectivity index (χ4n) is 4.00. The predicted molar refractivity (Wildman–Crippen MR) is 113 cm³/mol. The lowest BCUT2D eigenvalue weighted by Crippen LogP contribution is -1.98. The number of hydrogen-bond acceptors (Lipinski definition) is 6. The van der Waals surface area contributed by atoms with Gasteiger partial charge in [0.05, 0.1) is 5.52 Å². The maximum absolute atomic E-state index is 5.09. The van der Waals surface area contributed by atoms with E-state index in [2.05, 4.69) is 23.7 Å². The number of thioether (sulfide) groups is 1. The molecule has 4 aromatic rings. The first kappa shape index (κ1) is 17.1. The van der Waals surface area contributed by atoms with E-state index >= 15 is 0 Å². The van der Waals surface area contributed by atoms with Crippen molar-refractivity contribution in [3.05, 3.63) is 35.8 Å². The van der Waals surface area contributed by atoms with E-state index in [1.807, 2.05) is 16.8 Å². The van der Waals surface area contributed by atoms with Crippen molar-refractivity contribution in [3.63, 3.8) is 0 Å². The molecule has 138 valence electrons. The average molecular weight is 396 g/mol. The van der Waals surface area contributed by atoms with Crippen LogP contribution >= 0.6 is 23.1 Å². The third-order valence-electron chi connectivity index (χ3n) is 5.24. The van der Waals surface area contributed by atoms with Crippen LogP contribution in [-0.2, 0) is 19.3 Å². The highest BCUT2D eigenvalue weighted by Gasteiger charge is 2.24. The zero-order valence-corrected chi connectivity index (χ0v) is 17.0. The van der Waals surface area contributed by atoms with Gasteiger partial charge in [-0.25, -0.2) is 9.97 Å². The summed E-state index contributed by atoms with van der Waals surface area (Å²) in [6.45, 7) is 6.02. The summed E-state index contributed by atoms with van der Waals surface area (Å²) in [6, 6.07) is 0. The van der Waals surface area contributed by atoms with E-state index in [1.165, 1.54) is 41.5 Å². The Morgan fingerprint density at radius 3 is 3.04 bits per heavy atom. The molecule has 0 bridgehead atoms. The van der Waals surface area contributed by atoms with Crippen LogP contribution in [-0.4, -0.2) is 30.3 Å². The SMILES string of the molecule is C=CCSc1nnc2c3sc4nc(CCCC)c5c(c4c3ncn12)CCC5. The highest BCUT2D eigenvalue weighted by atomic mass is 32.2. The van der Waals surface area contributed by atoms with Gasteiger partial charge in [-0.1, -0.05) is 31.2 Å². The van der Waals surface area contributed by atoms with Crippen molar-refractivity contribution in [2.45, 2.75) is 50.6 Å². The molecule has 7 heteroatoms. The summed E-state index contributed by atoms with van der Waals surface area (Å²) in [4.78, 5) is 11.0. The highest BCUT2D eigenvalue weighted by molar-refractivity contribution is 7.99. The minimum absolute atomic E-state index is 0.807. The molecular formula is C20H21N5S2. The molecule has 4 aromatic heterocycles. The van der Waals surface area contributed by atoms with Crippen molar-refractivity contribution in [1.29, 1.82) is 0 Å². The van der Waals surface area contributed by atoms with Gasteiger partial charge in [0, 0.05) is 16.8 Å². The maximum atomic E-state index is 5.09. The topological polar surface area (TPSA) is 56.0 Å². The van der Waals surface area contributed by atoms with E-state index in [9.17, 15) is 0 Å². The largest absolute Gasteiger partial charge is 0.259 e. The first-order valence-corrected chi connectivity index (χ1v) is 11.3. The van der Waals surface area contributed by atoms with E-state index in [0.717, 1.165) is 50.9 Å². The van der Waals surface area contributed by atoms with Crippen molar-refractivity contribution in [2.24, 2.45) is 0 Å². The van der Waals surface area contributed by atoms with Gasteiger partial charge in [0.1, 0.15) is 15.9 Å². The Morgan fingerprint density at radius 1 is 1.30 bits per heavy atom. The molecule has 0 atom stereocenters. The number of pyridine rings is 1. The molecule has 0 saturated heterocycles. The molecule has 5 nitrogen and oxygen atoms in total. The summed E-state index contributed by atoms with van der Waals surface area (Å²) in [7, 11) is 0. The molecule has 1 aliphatic carbocycles. The summed E-state index contributed by atoms with van der Waals surface area (Å²) in [5.74, 6) is 0.807. The maximum Gasteiger partial charge on any atom is 0.197 e. The summed E-state index contributed by atoms with van der Waals surface area (Å²) in [6.07, 6.45) is 10.7. The Morgan fingerprint density at radius 2 is 2.19 bits per heavy atom. The van der Waals surface area contributed by atoms with Crippen LogP contribution in [0.4, 0.5) is 0 Å². The lowest BCUT2D eigenvalue weighted by molar-refractivity contribution is 0.770. The second kappa shape index (κ2) is 6.87. The van der Waals surface area contributed by atoms with Crippen LogP contribution in [0.15, 0.2) is 24.1 Å². The number of thiophene rings is 1. The van der Waals surface area contributed by atoms with Crippen molar-refractivity contribution >= 4 is 49.2 Å². The van der Waals surface area contributed by atoms with E-state index in [4.69, 9.17) is 9.97 Å². The van der Waals surface area contributed by atoms with E-state index in [1.54, 1.807) is 23.1 Å². The molecule has 0 radical (unpaired) electrons. The quantitative estimate of drug-likeness (QED) is 0.340. The molecular weight excluding hydrogens is 374 g/mol. The zero-order chi connectivity index (χ0) is 18.4. The Bertz CT molecular complexity index is 1170. The van der Waals surface area contributed by atoms with Gasteiger partial charge in [0.25, 0.3) is 0 Å². The number of unbranched alkanes of at least 4 members (excludes halogenated alkanes) is 1. The molecule has 0 fully saturated rings. The Labute approximate surface area is 165 Å². The van der Waals surface area contributed by atoms with E-state index in [0.29, 0.717) is 0 Å². The standard InChI is InChI=1S/C20H21N5S2/c1-3-5-9-14-12-7-6-8-13(12)15-16-17(27-19(15)22-14)18-23-24-20(26-10-4-2)25(18)11-21-16/h4,11H,2-3,5-10H2,1H3. The Hall–Kier alpha value is -1.99.